The van der Waals surface area contributed by atoms with Crippen LogP contribution >= 0.6 is 0 Å². The molecule has 0 radical (unpaired) electrons. The zero-order chi connectivity index (χ0) is 16.3. The van der Waals surface area contributed by atoms with E-state index >= 15 is 0 Å². The number of benzene rings is 1. The maximum Gasteiger partial charge on any atom is 0.244 e. The van der Waals surface area contributed by atoms with E-state index in [-0.39, 0.29) is 24.6 Å². The van der Waals surface area contributed by atoms with Crippen LogP contribution in [0.4, 0.5) is 0 Å². The van der Waals surface area contributed by atoms with Crippen LogP contribution in [-0.4, -0.2) is 42.8 Å². The number of carbonyl (C=O) groups is 2. The molecule has 0 aliphatic carbocycles. The van der Waals surface area contributed by atoms with Crippen molar-refractivity contribution in [2.24, 2.45) is 0 Å². The Morgan fingerprint density at radius 2 is 2.09 bits per heavy atom. The Labute approximate surface area is 130 Å². The molecule has 1 heterocycles. The largest absolute Gasteiger partial charge is 0.491 e. The van der Waals surface area contributed by atoms with Crippen molar-refractivity contribution in [3.05, 3.63) is 29.8 Å². The normalized spacial score (nSPS) is 15.4. The average molecular weight is 325 g/mol. The molecule has 1 fully saturated rings. The van der Waals surface area contributed by atoms with Gasteiger partial charge in [0.1, 0.15) is 11.5 Å². The van der Waals surface area contributed by atoms with Crippen molar-refractivity contribution < 1.29 is 22.7 Å². The first-order valence-corrected chi connectivity index (χ1v) is 8.73. The minimum atomic E-state index is -3.90. The van der Waals surface area contributed by atoms with Crippen molar-refractivity contribution in [2.45, 2.75) is 32.8 Å². The molecule has 1 amide bonds. The fourth-order valence-corrected chi connectivity index (χ4v) is 3.72. The average Bonchev–Trinajstić information content (AvgIpc) is 2.85. The van der Waals surface area contributed by atoms with Crippen molar-refractivity contribution in [2.75, 3.05) is 12.3 Å². The van der Waals surface area contributed by atoms with Gasteiger partial charge in [-0.1, -0.05) is 12.1 Å². The molecule has 1 saturated heterocycles. The highest BCUT2D eigenvalue weighted by molar-refractivity contribution is 7.90. The van der Waals surface area contributed by atoms with Gasteiger partial charge in [-0.25, -0.2) is 12.7 Å². The summed E-state index contributed by atoms with van der Waals surface area (Å²) in [5.74, 6) is -1.18. The molecule has 22 heavy (non-hydrogen) atoms. The summed E-state index contributed by atoms with van der Waals surface area (Å²) in [7, 11) is -3.90. The summed E-state index contributed by atoms with van der Waals surface area (Å²) in [6.45, 7) is 3.88. The van der Waals surface area contributed by atoms with Crippen molar-refractivity contribution >= 4 is 21.7 Å². The maximum absolute atomic E-state index is 12.2. The second-order valence-corrected chi connectivity index (χ2v) is 7.34. The fourth-order valence-electron chi connectivity index (χ4n) is 2.26. The van der Waals surface area contributed by atoms with Gasteiger partial charge < -0.3 is 4.74 Å². The van der Waals surface area contributed by atoms with Crippen molar-refractivity contribution in [1.82, 2.24) is 4.31 Å². The van der Waals surface area contributed by atoms with Gasteiger partial charge in [-0.05, 0) is 32.4 Å². The van der Waals surface area contributed by atoms with Gasteiger partial charge >= 0.3 is 0 Å². The standard InChI is InChI=1S/C15H19NO5S/c1-11(2)21-13-6-3-5-12(9-13)14(17)10-22(19,20)16-8-4-7-15(16)18/h3,5-6,9,11H,4,7-8,10H2,1-2H3. The quantitative estimate of drug-likeness (QED) is 0.742. The van der Waals surface area contributed by atoms with Gasteiger partial charge in [-0.2, -0.15) is 0 Å². The molecule has 0 atom stereocenters. The van der Waals surface area contributed by atoms with E-state index in [0.29, 0.717) is 12.2 Å². The van der Waals surface area contributed by atoms with E-state index in [1.54, 1.807) is 12.1 Å². The van der Waals surface area contributed by atoms with Crippen molar-refractivity contribution in [1.29, 1.82) is 0 Å². The number of rotatable bonds is 6. The number of hydrogen-bond acceptors (Lipinski definition) is 5. The van der Waals surface area contributed by atoms with Crippen LogP contribution in [0.3, 0.4) is 0 Å². The lowest BCUT2D eigenvalue weighted by Gasteiger charge is -2.15. The summed E-state index contributed by atoms with van der Waals surface area (Å²) in [5.41, 5.74) is 0.258. The zero-order valence-corrected chi connectivity index (χ0v) is 13.4. The van der Waals surface area contributed by atoms with E-state index in [9.17, 15) is 18.0 Å². The molecule has 1 aliphatic rings. The highest BCUT2D eigenvalue weighted by Gasteiger charge is 2.33. The third kappa shape index (κ3) is 3.85. The molecule has 0 bridgehead atoms. The lowest BCUT2D eigenvalue weighted by Crippen LogP contribution is -2.36. The minimum Gasteiger partial charge on any atom is -0.491 e. The second kappa shape index (κ2) is 6.48. The van der Waals surface area contributed by atoms with Gasteiger partial charge in [0.15, 0.2) is 5.78 Å². The first kappa shape index (κ1) is 16.5. The number of carbonyl (C=O) groups excluding carboxylic acids is 2. The van der Waals surface area contributed by atoms with E-state index < -0.39 is 27.5 Å². The summed E-state index contributed by atoms with van der Waals surface area (Å²) in [4.78, 5) is 23.7. The highest BCUT2D eigenvalue weighted by atomic mass is 32.2. The molecule has 0 unspecified atom stereocenters. The molecular formula is C15H19NO5S. The molecular weight excluding hydrogens is 306 g/mol. The number of ether oxygens (including phenoxy) is 1. The Morgan fingerprint density at radius 1 is 1.36 bits per heavy atom. The third-order valence-corrected chi connectivity index (χ3v) is 4.89. The van der Waals surface area contributed by atoms with Crippen molar-refractivity contribution in [3.63, 3.8) is 0 Å². The van der Waals surface area contributed by atoms with Crippen LogP contribution in [0.5, 0.6) is 5.75 Å². The number of ketones is 1. The Kier molecular flexibility index (Phi) is 4.85. The number of Topliss-reactive ketones (excluding diaryl/α,β-unsaturated/α-hetero) is 1. The topological polar surface area (TPSA) is 80.8 Å². The molecule has 2 rings (SSSR count). The first-order chi connectivity index (χ1) is 10.3. The predicted molar refractivity (Wildman–Crippen MR) is 81.3 cm³/mol. The van der Waals surface area contributed by atoms with Gasteiger partial charge in [0, 0.05) is 18.5 Å². The van der Waals surface area contributed by atoms with Gasteiger partial charge in [-0.15, -0.1) is 0 Å². The molecule has 0 saturated carbocycles. The Balaban J connectivity index is 2.13. The van der Waals surface area contributed by atoms with Gasteiger partial charge in [-0.3, -0.25) is 9.59 Å². The van der Waals surface area contributed by atoms with Crippen molar-refractivity contribution in [3.8, 4) is 5.75 Å². The lowest BCUT2D eigenvalue weighted by molar-refractivity contribution is -0.123. The Hall–Kier alpha value is -1.89. The van der Waals surface area contributed by atoms with Crippen LogP contribution in [0.15, 0.2) is 24.3 Å². The number of hydrogen-bond donors (Lipinski definition) is 0. The zero-order valence-electron chi connectivity index (χ0n) is 12.6. The van der Waals surface area contributed by atoms with E-state index in [0.717, 1.165) is 4.31 Å². The lowest BCUT2D eigenvalue weighted by atomic mass is 10.1. The minimum absolute atomic E-state index is 0.0451. The monoisotopic (exact) mass is 325 g/mol. The summed E-state index contributed by atoms with van der Waals surface area (Å²) in [5, 5.41) is 0. The molecule has 0 N–H and O–H groups in total. The van der Waals surface area contributed by atoms with Gasteiger partial charge in [0.25, 0.3) is 0 Å². The molecule has 1 aromatic carbocycles. The first-order valence-electron chi connectivity index (χ1n) is 7.13. The van der Waals surface area contributed by atoms with Gasteiger partial charge in [0.05, 0.1) is 6.10 Å². The van der Waals surface area contributed by atoms with E-state index in [1.807, 2.05) is 13.8 Å². The van der Waals surface area contributed by atoms with Crippen LogP contribution in [0.2, 0.25) is 0 Å². The fraction of sp³-hybridized carbons (Fsp3) is 0.467. The highest BCUT2D eigenvalue weighted by Crippen LogP contribution is 2.19. The summed E-state index contributed by atoms with van der Waals surface area (Å²) in [6, 6.07) is 6.40. The molecule has 7 heteroatoms. The summed E-state index contributed by atoms with van der Waals surface area (Å²) < 4.78 is 30.6. The molecule has 1 aliphatic heterocycles. The summed E-state index contributed by atoms with van der Waals surface area (Å²) in [6.07, 6.45) is 0.672. The van der Waals surface area contributed by atoms with Crippen LogP contribution in [-0.2, 0) is 14.8 Å². The molecule has 120 valence electrons. The van der Waals surface area contributed by atoms with E-state index in [4.69, 9.17) is 4.74 Å². The maximum atomic E-state index is 12.2. The molecule has 1 aromatic rings. The molecule has 0 spiro atoms. The number of amides is 1. The predicted octanol–water partition coefficient (Wildman–Crippen LogP) is 1.61. The second-order valence-electron chi connectivity index (χ2n) is 5.44. The van der Waals surface area contributed by atoms with E-state index in [2.05, 4.69) is 0 Å². The Bertz CT molecular complexity index is 681. The van der Waals surface area contributed by atoms with Crippen LogP contribution in [0.25, 0.3) is 0 Å². The summed E-state index contributed by atoms with van der Waals surface area (Å²) >= 11 is 0. The molecule has 0 aromatic heterocycles. The van der Waals surface area contributed by atoms with E-state index in [1.165, 1.54) is 12.1 Å². The smallest absolute Gasteiger partial charge is 0.244 e. The SMILES string of the molecule is CC(C)Oc1cccc(C(=O)CS(=O)(=O)N2CCCC2=O)c1. The van der Waals surface area contributed by atoms with Crippen LogP contribution in [0, 0.1) is 0 Å². The number of sulfonamides is 1. The van der Waals surface area contributed by atoms with Crippen LogP contribution in [0.1, 0.15) is 37.0 Å². The van der Waals surface area contributed by atoms with Crippen LogP contribution < -0.4 is 4.74 Å². The molecule has 6 nitrogen and oxygen atoms in total. The number of nitrogens with zero attached hydrogens (tertiary/aromatic N) is 1. The third-order valence-electron chi connectivity index (χ3n) is 3.21. The van der Waals surface area contributed by atoms with Gasteiger partial charge in [0.2, 0.25) is 15.9 Å². The Morgan fingerprint density at radius 3 is 2.68 bits per heavy atom.